The van der Waals surface area contributed by atoms with Gasteiger partial charge in [-0.3, -0.25) is 0 Å². The molecule has 0 bridgehead atoms. The van der Waals surface area contributed by atoms with Crippen molar-refractivity contribution in [2.45, 2.75) is 25.8 Å². The maximum atomic E-state index is 7.09. The van der Waals surface area contributed by atoms with Gasteiger partial charge in [-0.25, -0.2) is 0 Å². The molecule has 0 radical (unpaired) electrons. The lowest BCUT2D eigenvalue weighted by Gasteiger charge is -2.43. The van der Waals surface area contributed by atoms with E-state index in [0.29, 0.717) is 0 Å². The van der Waals surface area contributed by atoms with Crippen molar-refractivity contribution in [1.29, 1.82) is 0 Å². The average molecular weight is 398 g/mol. The lowest BCUT2D eigenvalue weighted by Crippen LogP contribution is -2.68. The Labute approximate surface area is 174 Å². The van der Waals surface area contributed by atoms with Gasteiger partial charge in [-0.15, -0.1) is 0 Å². The monoisotopic (exact) mass is 397 g/mol. The third-order valence-electron chi connectivity index (χ3n) is 5.58. The first kappa shape index (κ1) is 19.3. The molecular formula is C26H27NOSi. The van der Waals surface area contributed by atoms with Crippen LogP contribution in [0.3, 0.4) is 0 Å². The van der Waals surface area contributed by atoms with Gasteiger partial charge in [0, 0.05) is 11.1 Å². The van der Waals surface area contributed by atoms with Crippen molar-refractivity contribution in [3.63, 3.8) is 0 Å². The summed E-state index contributed by atoms with van der Waals surface area (Å²) in [5.41, 5.74) is 7.03. The van der Waals surface area contributed by atoms with Crippen LogP contribution in [0.25, 0.3) is 10.8 Å². The Hall–Kier alpha value is -3.04. The van der Waals surface area contributed by atoms with E-state index in [-0.39, 0.29) is 5.04 Å². The molecule has 0 saturated carbocycles. The topological polar surface area (TPSA) is 35.2 Å². The van der Waals surface area contributed by atoms with Crippen molar-refractivity contribution < 1.29 is 4.43 Å². The van der Waals surface area contributed by atoms with Crippen molar-refractivity contribution in [2.24, 2.45) is 0 Å². The minimum Gasteiger partial charge on any atom is -0.534 e. The van der Waals surface area contributed by atoms with Crippen molar-refractivity contribution in [3.05, 3.63) is 97.1 Å². The largest absolute Gasteiger partial charge is 0.534 e. The van der Waals surface area contributed by atoms with Crippen LogP contribution >= 0.6 is 0 Å². The highest BCUT2D eigenvalue weighted by Crippen LogP contribution is 2.38. The number of anilines is 1. The van der Waals surface area contributed by atoms with Crippen LogP contribution < -0.4 is 20.5 Å². The molecule has 0 spiro atoms. The van der Waals surface area contributed by atoms with E-state index in [1.807, 2.05) is 12.1 Å². The highest BCUT2D eigenvalue weighted by molar-refractivity contribution is 7.00. The highest BCUT2D eigenvalue weighted by Gasteiger charge is 2.52. The van der Waals surface area contributed by atoms with E-state index in [1.165, 1.54) is 10.4 Å². The SMILES string of the molecule is CC(C)(C)[Si](Oc1ccc2cccc(N)c2c1)(c1ccccc1)c1ccccc1. The van der Waals surface area contributed by atoms with Gasteiger partial charge in [0.1, 0.15) is 5.75 Å². The predicted molar refractivity (Wildman–Crippen MR) is 127 cm³/mol. The molecule has 0 atom stereocenters. The molecule has 146 valence electrons. The average Bonchev–Trinajstić information content (AvgIpc) is 2.73. The molecule has 4 rings (SSSR count). The zero-order valence-corrected chi connectivity index (χ0v) is 18.2. The van der Waals surface area contributed by atoms with E-state index in [0.717, 1.165) is 22.2 Å². The van der Waals surface area contributed by atoms with E-state index in [1.54, 1.807) is 0 Å². The van der Waals surface area contributed by atoms with Crippen molar-refractivity contribution in [1.82, 2.24) is 0 Å². The van der Waals surface area contributed by atoms with Crippen molar-refractivity contribution in [2.75, 3.05) is 5.73 Å². The second-order valence-corrected chi connectivity index (χ2v) is 12.7. The van der Waals surface area contributed by atoms with E-state index < -0.39 is 8.32 Å². The van der Waals surface area contributed by atoms with Gasteiger partial charge in [-0.1, -0.05) is 99.6 Å². The summed E-state index contributed by atoms with van der Waals surface area (Å²) in [6.07, 6.45) is 0. The van der Waals surface area contributed by atoms with Crippen LogP contribution in [0.2, 0.25) is 5.04 Å². The maximum absolute atomic E-state index is 7.09. The van der Waals surface area contributed by atoms with Gasteiger partial charge in [0.2, 0.25) is 0 Å². The van der Waals surface area contributed by atoms with Gasteiger partial charge in [0.15, 0.2) is 0 Å². The number of hydrogen-bond donors (Lipinski definition) is 1. The second-order valence-electron chi connectivity index (χ2n) is 8.50. The summed E-state index contributed by atoms with van der Waals surface area (Å²) in [7, 11) is -2.64. The number of nitrogens with two attached hydrogens (primary N) is 1. The molecule has 0 fully saturated rings. The highest BCUT2D eigenvalue weighted by atomic mass is 28.4. The van der Waals surface area contributed by atoms with Gasteiger partial charge >= 0.3 is 8.32 Å². The molecule has 3 heteroatoms. The quantitative estimate of drug-likeness (QED) is 0.372. The molecule has 0 aliphatic rings. The number of nitrogen functional groups attached to an aromatic ring is 1. The summed E-state index contributed by atoms with van der Waals surface area (Å²) >= 11 is 0. The number of fused-ring (bicyclic) bond motifs is 1. The van der Waals surface area contributed by atoms with Gasteiger partial charge in [-0.05, 0) is 39.0 Å². The molecule has 0 aromatic heterocycles. The summed E-state index contributed by atoms with van der Waals surface area (Å²) in [5, 5.41) is 4.61. The minimum atomic E-state index is -2.64. The molecule has 0 aliphatic heterocycles. The van der Waals surface area contributed by atoms with Crippen LogP contribution in [0.5, 0.6) is 5.75 Å². The first-order valence-corrected chi connectivity index (χ1v) is 11.9. The lowest BCUT2D eigenvalue weighted by atomic mass is 10.1. The normalized spacial score (nSPS) is 12.1. The fourth-order valence-electron chi connectivity index (χ4n) is 4.17. The van der Waals surface area contributed by atoms with Crippen LogP contribution in [-0.4, -0.2) is 8.32 Å². The van der Waals surface area contributed by atoms with E-state index in [2.05, 4.69) is 106 Å². The van der Waals surface area contributed by atoms with Crippen LogP contribution in [0, 0.1) is 0 Å². The summed E-state index contributed by atoms with van der Waals surface area (Å²) in [6, 6.07) is 33.6. The van der Waals surface area contributed by atoms with Crippen LogP contribution in [0.4, 0.5) is 5.69 Å². The Morgan fingerprint density at radius 3 is 1.83 bits per heavy atom. The lowest BCUT2D eigenvalue weighted by molar-refractivity contribution is 0.509. The Bertz CT molecular complexity index is 1080. The zero-order valence-electron chi connectivity index (χ0n) is 17.2. The standard InChI is InChI=1S/C26H27NOSi/c1-26(2,3)29(22-12-6-4-7-13-22,23-14-8-5-9-15-23)28-21-18-17-20-11-10-16-25(27)24(20)19-21/h4-19H,27H2,1-3H3. The molecule has 0 unspecified atom stereocenters. The molecule has 2 N–H and O–H groups in total. The molecule has 0 amide bonds. The van der Waals surface area contributed by atoms with E-state index in [4.69, 9.17) is 10.2 Å². The third-order valence-corrected chi connectivity index (χ3v) is 10.5. The van der Waals surface area contributed by atoms with Crippen LogP contribution in [-0.2, 0) is 0 Å². The summed E-state index contributed by atoms with van der Waals surface area (Å²) in [4.78, 5) is 0. The van der Waals surface area contributed by atoms with E-state index in [9.17, 15) is 0 Å². The Kier molecular flexibility index (Phi) is 4.93. The van der Waals surface area contributed by atoms with Crippen molar-refractivity contribution in [3.8, 4) is 5.75 Å². The number of rotatable bonds is 4. The Morgan fingerprint density at radius 2 is 1.28 bits per heavy atom. The summed E-state index contributed by atoms with van der Waals surface area (Å²) in [5.74, 6) is 0.865. The first-order chi connectivity index (χ1) is 13.9. The molecule has 2 nitrogen and oxygen atoms in total. The van der Waals surface area contributed by atoms with Gasteiger partial charge < -0.3 is 10.2 Å². The van der Waals surface area contributed by atoms with Crippen LogP contribution in [0.1, 0.15) is 20.8 Å². The molecule has 0 heterocycles. The smallest absolute Gasteiger partial charge is 0.319 e. The molecule has 0 aliphatic carbocycles. The number of benzene rings is 4. The fraction of sp³-hybridized carbons (Fsp3) is 0.154. The molecular weight excluding hydrogens is 370 g/mol. The fourth-order valence-corrected chi connectivity index (χ4v) is 8.58. The molecule has 0 saturated heterocycles. The first-order valence-electron chi connectivity index (χ1n) is 10.0. The Balaban J connectivity index is 1.95. The molecule has 29 heavy (non-hydrogen) atoms. The minimum absolute atomic E-state index is 0.0765. The second kappa shape index (κ2) is 7.41. The van der Waals surface area contributed by atoms with Gasteiger partial charge in [0.25, 0.3) is 0 Å². The van der Waals surface area contributed by atoms with Crippen molar-refractivity contribution >= 4 is 35.2 Å². The number of hydrogen-bond acceptors (Lipinski definition) is 2. The van der Waals surface area contributed by atoms with Gasteiger partial charge in [-0.2, -0.15) is 0 Å². The summed E-state index contributed by atoms with van der Waals surface area (Å²) < 4.78 is 7.09. The molecule has 4 aromatic rings. The summed E-state index contributed by atoms with van der Waals surface area (Å²) in [6.45, 7) is 6.86. The molecule has 4 aromatic carbocycles. The third kappa shape index (κ3) is 3.43. The van der Waals surface area contributed by atoms with Gasteiger partial charge in [0.05, 0.1) is 0 Å². The van der Waals surface area contributed by atoms with E-state index >= 15 is 0 Å². The zero-order chi connectivity index (χ0) is 20.5. The predicted octanol–water partition coefficient (Wildman–Crippen LogP) is 5.36. The Morgan fingerprint density at radius 1 is 0.690 bits per heavy atom. The maximum Gasteiger partial charge on any atom is 0.319 e. The van der Waals surface area contributed by atoms with Crippen LogP contribution in [0.15, 0.2) is 97.1 Å².